The van der Waals surface area contributed by atoms with E-state index in [1.807, 2.05) is 148 Å². The van der Waals surface area contributed by atoms with E-state index in [0.717, 1.165) is 78.6 Å². The highest BCUT2D eigenvalue weighted by Gasteiger charge is 2.33. The number of carbonyl (C=O) groups is 3. The summed E-state index contributed by atoms with van der Waals surface area (Å²) < 4.78 is 14.1. The van der Waals surface area contributed by atoms with Crippen molar-refractivity contribution in [3.8, 4) is 22.7 Å². The van der Waals surface area contributed by atoms with Gasteiger partial charge in [-0.2, -0.15) is 13.7 Å². The lowest BCUT2D eigenvalue weighted by Crippen LogP contribution is -2.43. The number of amides is 5. The van der Waals surface area contributed by atoms with Crippen LogP contribution in [0, 0.1) is 0 Å². The van der Waals surface area contributed by atoms with Crippen LogP contribution < -0.4 is 29.7 Å². The number of nitrogens with one attached hydrogen (secondary N) is 6. The Kier molecular flexibility index (Phi) is 18.6. The molecule has 4 aliphatic rings. The van der Waals surface area contributed by atoms with Crippen molar-refractivity contribution in [1.29, 1.82) is 0 Å². The molecule has 4 aliphatic heterocycles. The van der Waals surface area contributed by atoms with Crippen molar-refractivity contribution in [2.45, 2.75) is 78.2 Å². The zero-order valence-corrected chi connectivity index (χ0v) is 50.4. The molecular formula is C67H71Cl2N14O4+3. The first-order valence-corrected chi connectivity index (χ1v) is 30.0. The minimum atomic E-state index is -0.461. The van der Waals surface area contributed by atoms with Gasteiger partial charge in [-0.15, -0.1) is 0 Å². The molecule has 0 spiro atoms. The predicted molar refractivity (Wildman–Crippen MR) is 335 cm³/mol. The Morgan fingerprint density at radius 2 is 0.977 bits per heavy atom. The van der Waals surface area contributed by atoms with E-state index in [2.05, 4.69) is 98.1 Å². The SMILES string of the molecule is CC(C)(C)OC(=O)N1CCc2c([nH]c[n+]2-c2ccccc2)C1.O=C(Nc1cccc(Cl)c1)N1CCc2c([nH]c[n+]2-c2ccccc2)C1.O=C(Nc1cccc(Cl)c1)N1CCc2ncn(-c3ccccc3)c2C1.c1ccc(-[n+]2c[nH]c3c2CCNC3)cc1. The summed E-state index contributed by atoms with van der Waals surface area (Å²) in [6.45, 7) is 11.3. The van der Waals surface area contributed by atoms with Crippen molar-refractivity contribution in [3.05, 3.63) is 251 Å². The lowest BCUT2D eigenvalue weighted by atomic mass is 10.1. The van der Waals surface area contributed by atoms with Crippen LogP contribution in [0.4, 0.5) is 25.8 Å². The van der Waals surface area contributed by atoms with Crippen LogP contribution >= 0.6 is 23.2 Å². The summed E-state index contributed by atoms with van der Waals surface area (Å²) in [5.41, 5.74) is 14.9. The number of aromatic amines is 3. The number of benzene rings is 6. The van der Waals surface area contributed by atoms with Gasteiger partial charge in [0.15, 0.2) is 34.2 Å². The van der Waals surface area contributed by atoms with E-state index in [-0.39, 0.29) is 18.2 Å². The lowest BCUT2D eigenvalue weighted by molar-refractivity contribution is -0.603. The molecule has 6 aromatic carbocycles. The second kappa shape index (κ2) is 27.3. The zero-order chi connectivity index (χ0) is 60.3. The summed E-state index contributed by atoms with van der Waals surface area (Å²) in [7, 11) is 0. The molecule has 0 fully saturated rings. The van der Waals surface area contributed by atoms with Gasteiger partial charge in [0.1, 0.15) is 22.7 Å². The van der Waals surface area contributed by atoms with Crippen LogP contribution in [0.25, 0.3) is 22.7 Å². The van der Waals surface area contributed by atoms with Gasteiger partial charge < -0.3 is 35.1 Å². The number of aromatic nitrogens is 8. The Bertz CT molecular complexity index is 3960. The minimum absolute atomic E-state index is 0.117. The fraction of sp³-hybridized carbons (Fsp3) is 0.239. The number of hydrogen-bond donors (Lipinski definition) is 6. The number of anilines is 2. The molecule has 0 unspecified atom stereocenters. The maximum atomic E-state index is 12.6. The van der Waals surface area contributed by atoms with Crippen LogP contribution in [0.3, 0.4) is 0 Å². The summed E-state index contributed by atoms with van der Waals surface area (Å²) in [6.07, 6.45) is 11.0. The molecule has 6 N–H and O–H groups in total. The number of para-hydroxylation sites is 4. The fourth-order valence-electron chi connectivity index (χ4n) is 11.0. The van der Waals surface area contributed by atoms with E-state index in [4.69, 9.17) is 27.9 Å². The summed E-state index contributed by atoms with van der Waals surface area (Å²) in [5, 5.41) is 10.4. The molecule has 444 valence electrons. The van der Waals surface area contributed by atoms with Crippen molar-refractivity contribution in [1.82, 2.24) is 44.5 Å². The van der Waals surface area contributed by atoms with E-state index in [1.165, 1.54) is 28.5 Å². The van der Waals surface area contributed by atoms with Gasteiger partial charge in [-0.05, 0) is 106 Å². The number of rotatable bonds is 6. The van der Waals surface area contributed by atoms with Crippen molar-refractivity contribution >= 4 is 52.7 Å². The van der Waals surface area contributed by atoms with Crippen LogP contribution in [0.2, 0.25) is 10.0 Å². The molecule has 14 rings (SSSR count). The highest BCUT2D eigenvalue weighted by Crippen LogP contribution is 2.25. The minimum Gasteiger partial charge on any atom is -0.444 e. The molecule has 8 heterocycles. The molecule has 0 saturated carbocycles. The molecule has 18 nitrogen and oxygen atoms in total. The molecule has 0 atom stereocenters. The number of ether oxygens (including phenoxy) is 1. The molecule has 87 heavy (non-hydrogen) atoms. The van der Waals surface area contributed by atoms with E-state index < -0.39 is 5.60 Å². The van der Waals surface area contributed by atoms with Gasteiger partial charge in [-0.3, -0.25) is 4.90 Å². The van der Waals surface area contributed by atoms with Gasteiger partial charge in [0, 0.05) is 79.0 Å². The summed E-state index contributed by atoms with van der Waals surface area (Å²) in [5.74, 6) is 0. The van der Waals surface area contributed by atoms with Gasteiger partial charge in [-0.1, -0.05) is 108 Å². The number of halogens is 2. The average Bonchev–Trinajstić information content (AvgIpc) is 2.58. The highest BCUT2D eigenvalue weighted by atomic mass is 35.5. The smallest absolute Gasteiger partial charge is 0.410 e. The third kappa shape index (κ3) is 14.8. The maximum Gasteiger partial charge on any atom is 0.410 e. The maximum absolute atomic E-state index is 12.6. The van der Waals surface area contributed by atoms with E-state index in [9.17, 15) is 14.4 Å². The Balaban J connectivity index is 0.000000122. The van der Waals surface area contributed by atoms with E-state index >= 15 is 0 Å². The third-order valence-corrected chi connectivity index (χ3v) is 15.7. The molecule has 0 saturated heterocycles. The Morgan fingerprint density at radius 1 is 0.529 bits per heavy atom. The Hall–Kier alpha value is -9.49. The van der Waals surface area contributed by atoms with Gasteiger partial charge in [0.2, 0.25) is 19.0 Å². The third-order valence-electron chi connectivity index (χ3n) is 15.2. The van der Waals surface area contributed by atoms with Crippen molar-refractivity contribution in [2.75, 3.05) is 36.8 Å². The first-order chi connectivity index (χ1) is 42.3. The number of hydrogen-bond acceptors (Lipinski definition) is 6. The average molecular weight is 1210 g/mol. The molecule has 4 aromatic heterocycles. The Morgan fingerprint density at radius 3 is 1.48 bits per heavy atom. The van der Waals surface area contributed by atoms with Crippen LogP contribution in [-0.2, 0) is 56.6 Å². The van der Waals surface area contributed by atoms with Gasteiger partial charge in [0.05, 0.1) is 43.9 Å². The fourth-order valence-corrected chi connectivity index (χ4v) is 11.3. The molecular weight excluding hydrogens is 1140 g/mol. The normalized spacial score (nSPS) is 14.0. The quantitative estimate of drug-likeness (QED) is 0.0901. The molecule has 20 heteroatoms. The summed E-state index contributed by atoms with van der Waals surface area (Å²) in [6, 6.07) is 55.0. The predicted octanol–water partition coefficient (Wildman–Crippen LogP) is 11.2. The van der Waals surface area contributed by atoms with Crippen LogP contribution in [0.5, 0.6) is 0 Å². The van der Waals surface area contributed by atoms with E-state index in [0.29, 0.717) is 60.7 Å². The molecule has 10 aromatic rings. The first-order valence-electron chi connectivity index (χ1n) is 29.2. The molecule has 0 aliphatic carbocycles. The van der Waals surface area contributed by atoms with Crippen LogP contribution in [0.1, 0.15) is 66.3 Å². The van der Waals surface area contributed by atoms with Gasteiger partial charge in [0.25, 0.3) is 0 Å². The topological polar surface area (TPSA) is 183 Å². The zero-order valence-electron chi connectivity index (χ0n) is 48.9. The highest BCUT2D eigenvalue weighted by molar-refractivity contribution is 6.31. The standard InChI is InChI=1S/2C19H17ClN4O.C17H21N3O2.C12H13N3/c20-14-5-4-6-15(11-14)22-19(25)23-10-9-18-17(12-23)21-13-24(18)16-7-2-1-3-8-16;20-14-5-4-6-15(11-14)22-19(25)23-10-9-17-18(12-23)24(13-21-17)16-7-2-1-3-8-16;1-17(2,3)22-16(21)19-10-9-15-14(11-19)18-12-20(15)13-7-5-4-6-8-13;1-2-4-10(5-3-1)15-9-14-11-8-13-7-6-12(11)15/h2*1-8,11,13H,9-10,12H2,(H,22,25);4-8,12H,9-11H2,1-3H3;1-5,9,13H,6-8H2/p+3. The molecule has 0 radical (unpaired) electrons. The van der Waals surface area contributed by atoms with Crippen LogP contribution in [0.15, 0.2) is 195 Å². The second-order valence-corrected chi connectivity index (χ2v) is 23.2. The van der Waals surface area contributed by atoms with Crippen LogP contribution in [-0.4, -0.2) is 89.1 Å². The number of urea groups is 2. The summed E-state index contributed by atoms with van der Waals surface area (Å²) in [4.78, 5) is 57.1. The van der Waals surface area contributed by atoms with Crippen molar-refractivity contribution in [3.63, 3.8) is 0 Å². The summed E-state index contributed by atoms with van der Waals surface area (Å²) >= 11 is 11.9. The first kappa shape index (κ1) is 59.2. The largest absolute Gasteiger partial charge is 0.444 e. The number of H-pyrrole nitrogens is 3. The van der Waals surface area contributed by atoms with Gasteiger partial charge >= 0.3 is 18.2 Å². The second-order valence-electron chi connectivity index (χ2n) is 22.4. The van der Waals surface area contributed by atoms with Crippen molar-refractivity contribution in [2.24, 2.45) is 0 Å². The monoisotopic (exact) mass is 1210 g/mol. The number of nitrogens with zero attached hydrogens (tertiary/aromatic N) is 8. The van der Waals surface area contributed by atoms with Crippen molar-refractivity contribution < 1.29 is 32.8 Å². The lowest BCUT2D eigenvalue weighted by Gasteiger charge is -2.28. The number of carbonyl (C=O) groups excluding carboxylic acids is 3. The molecule has 5 amide bonds. The number of imidazole rings is 4. The number of fused-ring (bicyclic) bond motifs is 4. The Labute approximate surface area is 516 Å². The molecule has 0 bridgehead atoms. The van der Waals surface area contributed by atoms with E-state index in [1.54, 1.807) is 39.0 Å². The van der Waals surface area contributed by atoms with Gasteiger partial charge in [-0.25, -0.2) is 34.3 Å².